The number of hydrogen-bond acceptors (Lipinski definition) is 0. The van der Waals surface area contributed by atoms with E-state index < -0.39 is 0 Å². The van der Waals surface area contributed by atoms with Crippen LogP contribution in [0.4, 0.5) is 0 Å². The first-order valence-electron chi connectivity index (χ1n) is 17.7. The van der Waals surface area contributed by atoms with Crippen LogP contribution in [-0.2, 0) is 0 Å². The zero-order valence-electron chi connectivity index (χ0n) is 28.3. The molecule has 0 heteroatoms. The predicted molar refractivity (Wildman–Crippen MR) is 221 cm³/mol. The fourth-order valence-corrected chi connectivity index (χ4v) is 7.71. The van der Waals surface area contributed by atoms with Crippen LogP contribution in [0.15, 0.2) is 182 Å². The minimum atomic E-state index is 0.998. The molecule has 0 nitrogen and oxygen atoms in total. The number of hydrogen-bond donors (Lipinski definition) is 0. The maximum atomic E-state index is 3.61. The Morgan fingerprint density at radius 1 is 0.269 bits per heavy atom. The molecular weight excluding hydrogens is 625 g/mol. The lowest BCUT2D eigenvalue weighted by atomic mass is 9.83. The third-order valence-corrected chi connectivity index (χ3v) is 10.3. The van der Waals surface area contributed by atoms with Crippen LogP contribution in [-0.4, -0.2) is 0 Å². The van der Waals surface area contributed by atoms with E-state index in [4.69, 9.17) is 0 Å². The summed E-state index contributed by atoms with van der Waals surface area (Å²) < 4.78 is 0. The highest BCUT2D eigenvalue weighted by Gasteiger charge is 2.19. The van der Waals surface area contributed by atoms with E-state index in [0.717, 1.165) is 33.0 Å². The van der Waals surface area contributed by atoms with E-state index in [-0.39, 0.29) is 0 Å². The maximum absolute atomic E-state index is 3.61. The maximum Gasteiger partial charge on any atom is 0.0334 e. The van der Waals surface area contributed by atoms with Gasteiger partial charge in [-0.1, -0.05) is 157 Å². The summed E-state index contributed by atoms with van der Waals surface area (Å²) in [6, 6.07) is 65.0. The van der Waals surface area contributed by atoms with Crippen LogP contribution >= 0.6 is 0 Å². The smallest absolute Gasteiger partial charge is 0.0334 e. The van der Waals surface area contributed by atoms with Gasteiger partial charge < -0.3 is 0 Å². The summed E-state index contributed by atoms with van der Waals surface area (Å²) in [6.45, 7) is 0. The number of fused-ring (bicyclic) bond motifs is 2. The molecule has 0 atom stereocenters. The van der Waals surface area contributed by atoms with Gasteiger partial charge in [0.25, 0.3) is 0 Å². The van der Waals surface area contributed by atoms with Crippen LogP contribution < -0.4 is 0 Å². The molecule has 0 aliphatic rings. The van der Waals surface area contributed by atoms with E-state index in [1.807, 2.05) is 36.4 Å². The summed E-state index contributed by atoms with van der Waals surface area (Å²) in [5.41, 5.74) is 8.74. The summed E-state index contributed by atoms with van der Waals surface area (Å²) in [7, 11) is 0. The van der Waals surface area contributed by atoms with E-state index in [1.54, 1.807) is 0 Å². The van der Waals surface area contributed by atoms with Crippen LogP contribution in [0.25, 0.3) is 76.1 Å². The molecule has 0 aliphatic heterocycles. The lowest BCUT2D eigenvalue weighted by Crippen LogP contribution is -1.94. The molecule has 0 N–H and O–H groups in total. The third kappa shape index (κ3) is 5.15. The van der Waals surface area contributed by atoms with Gasteiger partial charge in [0, 0.05) is 22.3 Å². The van der Waals surface area contributed by atoms with Gasteiger partial charge in [0.2, 0.25) is 0 Å². The highest BCUT2D eigenvalue weighted by Crippen LogP contribution is 2.45. The molecule has 52 heavy (non-hydrogen) atoms. The van der Waals surface area contributed by atoms with E-state index in [0.29, 0.717) is 0 Å². The van der Waals surface area contributed by atoms with E-state index >= 15 is 0 Å². The standard InChI is InChI=1S/C52H30/c1-3-11-35(12-4-1)19-21-43-33-49(41-25-23-37-15-7-9-17-39(37)31-41)47-29-30-48-50(42-26-24-38-16-8-10-18-40(38)32-42)34-44(22-20-36-13-5-2-6-14-36)46-28-27-45(43)51(47)52(46)48/h1-18,23-34H. The molecule has 0 saturated heterocycles. The Morgan fingerprint density at radius 2 is 0.654 bits per heavy atom. The molecule has 0 saturated carbocycles. The SMILES string of the molecule is C(#Cc1cc(-c2ccc3ccccc3c2)c2ccc3c(-c4ccc5ccccc5c4)cc(C#Cc4ccccc4)c4ccc1c2c43)c1ccccc1. The zero-order valence-corrected chi connectivity index (χ0v) is 28.3. The van der Waals surface area contributed by atoms with Crippen molar-refractivity contribution < 1.29 is 0 Å². The fourth-order valence-electron chi connectivity index (χ4n) is 7.71. The van der Waals surface area contributed by atoms with Crippen molar-refractivity contribution in [3.8, 4) is 45.9 Å². The normalized spacial score (nSPS) is 11.2. The minimum absolute atomic E-state index is 0.998. The summed E-state index contributed by atoms with van der Waals surface area (Å²) in [6.07, 6.45) is 0. The van der Waals surface area contributed by atoms with Crippen LogP contribution in [0.3, 0.4) is 0 Å². The van der Waals surface area contributed by atoms with Crippen molar-refractivity contribution in [3.63, 3.8) is 0 Å². The van der Waals surface area contributed by atoms with Crippen molar-refractivity contribution in [1.29, 1.82) is 0 Å². The van der Waals surface area contributed by atoms with Crippen molar-refractivity contribution in [3.05, 3.63) is 204 Å². The highest BCUT2D eigenvalue weighted by molar-refractivity contribution is 6.29. The largest absolute Gasteiger partial charge is 0.0622 e. The number of rotatable bonds is 2. The molecule has 10 aromatic rings. The zero-order chi connectivity index (χ0) is 34.4. The average molecular weight is 655 g/mol. The van der Waals surface area contributed by atoms with Gasteiger partial charge >= 0.3 is 0 Å². The molecule has 0 aromatic heterocycles. The molecule has 0 aliphatic carbocycles. The van der Waals surface area contributed by atoms with Gasteiger partial charge in [0.15, 0.2) is 0 Å². The molecule has 238 valence electrons. The van der Waals surface area contributed by atoms with Gasteiger partial charge in [0.05, 0.1) is 0 Å². The van der Waals surface area contributed by atoms with Crippen molar-refractivity contribution in [2.45, 2.75) is 0 Å². The lowest BCUT2D eigenvalue weighted by Gasteiger charge is -2.19. The molecule has 0 unspecified atom stereocenters. The quantitative estimate of drug-likeness (QED) is 0.129. The molecular formula is C52H30. The fraction of sp³-hybridized carbons (Fsp3) is 0. The first-order valence-corrected chi connectivity index (χ1v) is 17.7. The van der Waals surface area contributed by atoms with Crippen LogP contribution in [0.1, 0.15) is 22.3 Å². The molecule has 0 spiro atoms. The monoisotopic (exact) mass is 654 g/mol. The molecule has 0 amide bonds. The van der Waals surface area contributed by atoms with Crippen LogP contribution in [0, 0.1) is 23.7 Å². The summed E-state index contributed by atoms with van der Waals surface area (Å²) in [5.74, 6) is 14.2. The van der Waals surface area contributed by atoms with E-state index in [9.17, 15) is 0 Å². The first-order chi connectivity index (χ1) is 25.8. The summed E-state index contributed by atoms with van der Waals surface area (Å²) in [4.78, 5) is 0. The summed E-state index contributed by atoms with van der Waals surface area (Å²) in [5, 5.41) is 12.1. The Bertz CT molecular complexity index is 2890. The van der Waals surface area contributed by atoms with Gasteiger partial charge in [-0.25, -0.2) is 0 Å². The van der Waals surface area contributed by atoms with Gasteiger partial charge in [-0.2, -0.15) is 0 Å². The van der Waals surface area contributed by atoms with Gasteiger partial charge in [-0.05, 0) is 125 Å². The Balaban J connectivity index is 1.32. The van der Waals surface area contributed by atoms with Crippen molar-refractivity contribution in [2.24, 2.45) is 0 Å². The van der Waals surface area contributed by atoms with Crippen molar-refractivity contribution in [2.75, 3.05) is 0 Å². The Kier molecular flexibility index (Phi) is 7.06. The average Bonchev–Trinajstić information content (AvgIpc) is 3.21. The van der Waals surface area contributed by atoms with Crippen molar-refractivity contribution in [1.82, 2.24) is 0 Å². The molecule has 10 rings (SSSR count). The van der Waals surface area contributed by atoms with Crippen LogP contribution in [0.5, 0.6) is 0 Å². The van der Waals surface area contributed by atoms with E-state index in [1.165, 1.54) is 65.3 Å². The minimum Gasteiger partial charge on any atom is -0.0622 e. The molecule has 0 radical (unpaired) electrons. The van der Waals surface area contributed by atoms with Crippen LogP contribution in [0.2, 0.25) is 0 Å². The molecule has 0 fully saturated rings. The Hall–Kier alpha value is -7.12. The molecule has 10 aromatic carbocycles. The molecule has 0 heterocycles. The Morgan fingerprint density at radius 3 is 1.10 bits per heavy atom. The van der Waals surface area contributed by atoms with Gasteiger partial charge in [0.1, 0.15) is 0 Å². The van der Waals surface area contributed by atoms with E-state index in [2.05, 4.69) is 169 Å². The lowest BCUT2D eigenvalue weighted by molar-refractivity contribution is 1.63. The second kappa shape index (κ2) is 12.3. The molecule has 0 bridgehead atoms. The van der Waals surface area contributed by atoms with Gasteiger partial charge in [-0.15, -0.1) is 0 Å². The third-order valence-electron chi connectivity index (χ3n) is 10.3. The summed E-state index contributed by atoms with van der Waals surface area (Å²) >= 11 is 0. The topological polar surface area (TPSA) is 0 Å². The predicted octanol–water partition coefficient (Wildman–Crippen LogP) is 13.0. The highest BCUT2D eigenvalue weighted by atomic mass is 14.2. The van der Waals surface area contributed by atoms with Crippen molar-refractivity contribution >= 4 is 53.9 Å². The second-order valence-electron chi connectivity index (χ2n) is 13.4. The number of benzene rings is 10. The van der Waals surface area contributed by atoms with Gasteiger partial charge in [-0.3, -0.25) is 0 Å². The Labute approximate surface area is 303 Å². The second-order valence-corrected chi connectivity index (χ2v) is 13.4. The first kappa shape index (κ1) is 29.8.